The van der Waals surface area contributed by atoms with Crippen molar-refractivity contribution in [3.05, 3.63) is 29.6 Å². The first kappa shape index (κ1) is 12.0. The third-order valence-corrected chi connectivity index (χ3v) is 3.03. The maximum Gasteiger partial charge on any atom is 0.272 e. The molecule has 0 unspecified atom stereocenters. The van der Waals surface area contributed by atoms with Gasteiger partial charge in [0.05, 0.1) is 6.04 Å². The molecule has 1 aromatic heterocycles. The maximum absolute atomic E-state index is 12.4. The first-order chi connectivity index (χ1) is 8.22. The molecule has 1 fully saturated rings. The average molecular weight is 233 g/mol. The molecule has 1 amide bonds. The van der Waals surface area contributed by atoms with E-state index in [9.17, 15) is 4.79 Å². The minimum absolute atomic E-state index is 0.0575. The van der Waals surface area contributed by atoms with Gasteiger partial charge in [-0.05, 0) is 25.5 Å². The number of carbonyl (C=O) groups excluding carboxylic acids is 1. The van der Waals surface area contributed by atoms with Crippen molar-refractivity contribution in [1.82, 2.24) is 15.2 Å². The molecular formula is C13H19N3O. The van der Waals surface area contributed by atoms with Gasteiger partial charge in [-0.15, -0.1) is 0 Å². The Labute approximate surface area is 102 Å². The second-order valence-corrected chi connectivity index (χ2v) is 4.47. The van der Waals surface area contributed by atoms with Crippen molar-refractivity contribution in [1.29, 1.82) is 0 Å². The predicted octanol–water partition coefficient (Wildman–Crippen LogP) is 1.21. The summed E-state index contributed by atoms with van der Waals surface area (Å²) in [4.78, 5) is 18.6. The predicted molar refractivity (Wildman–Crippen MR) is 67.0 cm³/mol. The molecule has 4 nitrogen and oxygen atoms in total. The quantitative estimate of drug-likeness (QED) is 0.850. The van der Waals surface area contributed by atoms with Gasteiger partial charge < -0.3 is 10.2 Å². The molecule has 1 aliphatic heterocycles. The Bertz CT molecular complexity index is 401. The van der Waals surface area contributed by atoms with Gasteiger partial charge in [0.15, 0.2) is 0 Å². The highest BCUT2D eigenvalue weighted by molar-refractivity contribution is 5.92. The number of pyridine rings is 1. The summed E-state index contributed by atoms with van der Waals surface area (Å²) in [6.07, 6.45) is 0.980. The number of aromatic nitrogens is 1. The Kier molecular flexibility index (Phi) is 3.74. The van der Waals surface area contributed by atoms with Gasteiger partial charge in [0.1, 0.15) is 5.69 Å². The van der Waals surface area contributed by atoms with E-state index in [0.29, 0.717) is 11.7 Å². The second-order valence-electron chi connectivity index (χ2n) is 4.47. The van der Waals surface area contributed by atoms with Crippen molar-refractivity contribution in [3.63, 3.8) is 0 Å². The lowest BCUT2D eigenvalue weighted by atomic mass is 10.1. The summed E-state index contributed by atoms with van der Waals surface area (Å²) < 4.78 is 0. The molecule has 2 rings (SSSR count). The van der Waals surface area contributed by atoms with E-state index in [2.05, 4.69) is 17.2 Å². The Morgan fingerprint density at radius 1 is 1.53 bits per heavy atom. The number of hydrogen-bond donors (Lipinski definition) is 1. The zero-order valence-electron chi connectivity index (χ0n) is 10.4. The molecule has 1 saturated heterocycles. The van der Waals surface area contributed by atoms with E-state index in [1.54, 1.807) is 6.07 Å². The summed E-state index contributed by atoms with van der Waals surface area (Å²) in [5.41, 5.74) is 1.45. The van der Waals surface area contributed by atoms with E-state index in [-0.39, 0.29) is 5.91 Å². The van der Waals surface area contributed by atoms with E-state index < -0.39 is 0 Å². The number of rotatable bonds is 4. The summed E-state index contributed by atoms with van der Waals surface area (Å²) >= 11 is 0. The molecule has 0 radical (unpaired) electrons. The third-order valence-electron chi connectivity index (χ3n) is 3.03. The Balaban J connectivity index is 2.15. The van der Waals surface area contributed by atoms with Gasteiger partial charge >= 0.3 is 0 Å². The largest absolute Gasteiger partial charge is 0.332 e. The van der Waals surface area contributed by atoms with Crippen molar-refractivity contribution >= 4 is 5.91 Å². The summed E-state index contributed by atoms with van der Waals surface area (Å²) in [6, 6.07) is 5.93. The fraction of sp³-hybridized carbons (Fsp3) is 0.538. The van der Waals surface area contributed by atoms with Gasteiger partial charge in [-0.2, -0.15) is 0 Å². The minimum atomic E-state index is 0.0575. The van der Waals surface area contributed by atoms with E-state index in [1.165, 1.54) is 0 Å². The normalized spacial score (nSPS) is 15.4. The Morgan fingerprint density at radius 2 is 2.29 bits per heavy atom. The van der Waals surface area contributed by atoms with Crippen LogP contribution in [-0.2, 0) is 0 Å². The van der Waals surface area contributed by atoms with Crippen molar-refractivity contribution in [2.45, 2.75) is 26.3 Å². The summed E-state index contributed by atoms with van der Waals surface area (Å²) in [7, 11) is 0. The van der Waals surface area contributed by atoms with Crippen LogP contribution in [0.4, 0.5) is 0 Å². The number of hydrogen-bond acceptors (Lipinski definition) is 3. The fourth-order valence-corrected chi connectivity index (χ4v) is 1.99. The van der Waals surface area contributed by atoms with Gasteiger partial charge in [-0.3, -0.25) is 4.79 Å². The number of amides is 1. The third kappa shape index (κ3) is 2.64. The summed E-state index contributed by atoms with van der Waals surface area (Å²) in [5, 5.41) is 3.20. The molecule has 0 spiro atoms. The molecule has 0 atom stereocenters. The zero-order chi connectivity index (χ0) is 12.3. The molecule has 0 aliphatic carbocycles. The fourth-order valence-electron chi connectivity index (χ4n) is 1.99. The smallest absolute Gasteiger partial charge is 0.272 e. The van der Waals surface area contributed by atoms with Crippen molar-refractivity contribution in [2.24, 2.45) is 0 Å². The first-order valence-corrected chi connectivity index (χ1v) is 6.17. The molecular weight excluding hydrogens is 214 g/mol. The van der Waals surface area contributed by atoms with Crippen LogP contribution in [0.5, 0.6) is 0 Å². The van der Waals surface area contributed by atoms with Gasteiger partial charge in [-0.1, -0.05) is 13.0 Å². The molecule has 17 heavy (non-hydrogen) atoms. The lowest BCUT2D eigenvalue weighted by Crippen LogP contribution is -2.59. The van der Waals surface area contributed by atoms with E-state index >= 15 is 0 Å². The highest BCUT2D eigenvalue weighted by Gasteiger charge is 2.28. The highest BCUT2D eigenvalue weighted by atomic mass is 16.2. The molecule has 2 heterocycles. The van der Waals surface area contributed by atoms with Crippen LogP contribution in [0, 0.1) is 6.92 Å². The van der Waals surface area contributed by atoms with Gasteiger partial charge in [0.25, 0.3) is 5.91 Å². The molecule has 1 N–H and O–H groups in total. The molecule has 92 valence electrons. The molecule has 0 bridgehead atoms. The highest BCUT2D eigenvalue weighted by Crippen LogP contribution is 2.11. The average Bonchev–Trinajstić information content (AvgIpc) is 2.25. The van der Waals surface area contributed by atoms with Crippen LogP contribution in [-0.4, -0.2) is 41.5 Å². The number of nitrogens with zero attached hydrogens (tertiary/aromatic N) is 2. The van der Waals surface area contributed by atoms with E-state index in [4.69, 9.17) is 0 Å². The van der Waals surface area contributed by atoms with Gasteiger partial charge in [0, 0.05) is 25.3 Å². The minimum Gasteiger partial charge on any atom is -0.332 e. The van der Waals surface area contributed by atoms with Gasteiger partial charge in [0.2, 0.25) is 0 Å². The standard InChI is InChI=1S/C13H19N3O/c1-3-7-16(11-8-14-9-11)13(17)12-6-4-5-10(2)15-12/h4-6,11,14H,3,7-9H2,1-2H3. The van der Waals surface area contributed by atoms with Crippen molar-refractivity contribution < 1.29 is 4.79 Å². The molecule has 1 aromatic rings. The molecule has 0 aromatic carbocycles. The molecule has 4 heteroatoms. The monoisotopic (exact) mass is 233 g/mol. The van der Waals surface area contributed by atoms with Crippen LogP contribution in [0.2, 0.25) is 0 Å². The van der Waals surface area contributed by atoms with Crippen molar-refractivity contribution in [3.8, 4) is 0 Å². The number of aryl methyl sites for hydroxylation is 1. The maximum atomic E-state index is 12.4. The van der Waals surface area contributed by atoms with E-state index in [0.717, 1.165) is 31.7 Å². The van der Waals surface area contributed by atoms with Crippen LogP contribution >= 0.6 is 0 Å². The first-order valence-electron chi connectivity index (χ1n) is 6.17. The van der Waals surface area contributed by atoms with Crippen LogP contribution in [0.1, 0.15) is 29.5 Å². The Morgan fingerprint density at radius 3 is 2.82 bits per heavy atom. The topological polar surface area (TPSA) is 45.2 Å². The number of nitrogens with one attached hydrogen (secondary N) is 1. The van der Waals surface area contributed by atoms with E-state index in [1.807, 2.05) is 24.0 Å². The van der Waals surface area contributed by atoms with Crippen LogP contribution in [0.15, 0.2) is 18.2 Å². The van der Waals surface area contributed by atoms with Gasteiger partial charge in [-0.25, -0.2) is 4.98 Å². The second kappa shape index (κ2) is 5.27. The number of carbonyl (C=O) groups is 1. The zero-order valence-corrected chi connectivity index (χ0v) is 10.4. The summed E-state index contributed by atoms with van der Waals surface area (Å²) in [5.74, 6) is 0.0575. The molecule has 0 saturated carbocycles. The lowest BCUT2D eigenvalue weighted by molar-refractivity contribution is 0.0609. The van der Waals surface area contributed by atoms with Crippen LogP contribution < -0.4 is 5.32 Å². The van der Waals surface area contributed by atoms with Crippen LogP contribution in [0.25, 0.3) is 0 Å². The lowest BCUT2D eigenvalue weighted by Gasteiger charge is -2.38. The molecule has 1 aliphatic rings. The Hall–Kier alpha value is -1.42. The van der Waals surface area contributed by atoms with Crippen molar-refractivity contribution in [2.75, 3.05) is 19.6 Å². The SMILES string of the molecule is CCCN(C(=O)c1cccc(C)n1)C1CNC1. The van der Waals surface area contributed by atoms with Crippen LogP contribution in [0.3, 0.4) is 0 Å². The summed E-state index contributed by atoms with van der Waals surface area (Å²) in [6.45, 7) is 6.61.